The molecule has 0 aromatic rings. The monoisotopic (exact) mass is 270 g/mol. The van der Waals surface area contributed by atoms with E-state index in [4.69, 9.17) is 4.74 Å². The molecular weight excluding hydrogens is 244 g/mol. The van der Waals surface area contributed by atoms with Crippen LogP contribution >= 0.6 is 0 Å². The summed E-state index contributed by atoms with van der Waals surface area (Å²) in [4.78, 5) is 23.9. The van der Waals surface area contributed by atoms with Gasteiger partial charge in [0.1, 0.15) is 6.04 Å². The number of nitrogens with one attached hydrogen (secondary N) is 2. The largest absolute Gasteiger partial charge is 0.467 e. The number of amides is 1. The second kappa shape index (κ2) is 8.15. The molecule has 0 bridgehead atoms. The number of hydrogen-bond donors (Lipinski definition) is 2. The molecule has 2 atom stereocenters. The zero-order valence-corrected chi connectivity index (χ0v) is 12.2. The lowest BCUT2D eigenvalue weighted by molar-refractivity contribution is -0.145. The Morgan fingerprint density at radius 3 is 2.68 bits per heavy atom. The number of carbonyl (C=O) groups is 2. The van der Waals surface area contributed by atoms with Gasteiger partial charge in [0.25, 0.3) is 0 Å². The second-order valence-corrected chi connectivity index (χ2v) is 5.57. The average molecular weight is 270 g/mol. The van der Waals surface area contributed by atoms with E-state index in [2.05, 4.69) is 10.6 Å². The number of carbonyl (C=O) groups excluding carboxylic acids is 2. The molecule has 0 radical (unpaired) electrons. The van der Waals surface area contributed by atoms with Crippen molar-refractivity contribution in [2.24, 2.45) is 5.92 Å². The van der Waals surface area contributed by atoms with E-state index in [0.29, 0.717) is 12.3 Å². The summed E-state index contributed by atoms with van der Waals surface area (Å²) < 4.78 is 4.75. The van der Waals surface area contributed by atoms with E-state index in [1.807, 2.05) is 13.8 Å². The van der Waals surface area contributed by atoms with Crippen molar-refractivity contribution < 1.29 is 14.3 Å². The minimum Gasteiger partial charge on any atom is -0.467 e. The first kappa shape index (κ1) is 16.0. The van der Waals surface area contributed by atoms with Crippen molar-refractivity contribution >= 4 is 11.9 Å². The highest BCUT2D eigenvalue weighted by Crippen LogP contribution is 2.10. The van der Waals surface area contributed by atoms with Gasteiger partial charge >= 0.3 is 5.97 Å². The molecule has 0 aromatic carbocycles. The van der Waals surface area contributed by atoms with Gasteiger partial charge in [-0.2, -0.15) is 0 Å². The minimum atomic E-state index is -0.539. The van der Waals surface area contributed by atoms with Crippen molar-refractivity contribution in [1.29, 1.82) is 0 Å². The maximum Gasteiger partial charge on any atom is 0.328 e. The summed E-state index contributed by atoms with van der Waals surface area (Å²) in [6.45, 7) is 4.91. The van der Waals surface area contributed by atoms with Crippen LogP contribution in [0.15, 0.2) is 0 Å². The molecule has 1 aliphatic rings. The van der Waals surface area contributed by atoms with Crippen LogP contribution in [0.25, 0.3) is 0 Å². The van der Waals surface area contributed by atoms with Crippen LogP contribution < -0.4 is 10.6 Å². The Morgan fingerprint density at radius 1 is 1.32 bits per heavy atom. The van der Waals surface area contributed by atoms with Crippen molar-refractivity contribution in [3.8, 4) is 0 Å². The Bertz CT molecular complexity index is 297. The van der Waals surface area contributed by atoms with E-state index in [0.717, 1.165) is 32.2 Å². The zero-order valence-electron chi connectivity index (χ0n) is 12.2. The molecule has 0 aliphatic carbocycles. The summed E-state index contributed by atoms with van der Waals surface area (Å²) >= 11 is 0. The van der Waals surface area contributed by atoms with Crippen LogP contribution in [0.4, 0.5) is 0 Å². The van der Waals surface area contributed by atoms with Gasteiger partial charge in [-0.05, 0) is 31.7 Å². The highest BCUT2D eigenvalue weighted by Gasteiger charge is 2.26. The van der Waals surface area contributed by atoms with Crippen molar-refractivity contribution in [3.63, 3.8) is 0 Å². The Balaban J connectivity index is 2.56. The van der Waals surface area contributed by atoms with E-state index >= 15 is 0 Å². The lowest BCUT2D eigenvalue weighted by atomic mass is 10.0. The molecule has 0 spiro atoms. The zero-order chi connectivity index (χ0) is 14.3. The molecule has 0 aromatic heterocycles. The Kier molecular flexibility index (Phi) is 6.84. The number of ether oxygens (including phenoxy) is 1. The lowest BCUT2D eigenvalue weighted by Crippen LogP contribution is -2.50. The van der Waals surface area contributed by atoms with Gasteiger partial charge in [0.05, 0.1) is 13.2 Å². The maximum atomic E-state index is 12.2. The lowest BCUT2D eigenvalue weighted by Gasteiger charge is -2.22. The maximum absolute atomic E-state index is 12.2. The Hall–Kier alpha value is -1.10. The van der Waals surface area contributed by atoms with Crippen LogP contribution in [0.2, 0.25) is 0 Å². The predicted molar refractivity (Wildman–Crippen MR) is 73.7 cm³/mol. The Labute approximate surface area is 115 Å². The quantitative estimate of drug-likeness (QED) is 0.737. The normalized spacial score (nSPS) is 21.6. The van der Waals surface area contributed by atoms with Crippen molar-refractivity contribution in [2.75, 3.05) is 13.7 Å². The van der Waals surface area contributed by atoms with Crippen LogP contribution in [-0.2, 0) is 14.3 Å². The van der Waals surface area contributed by atoms with Crippen molar-refractivity contribution in [3.05, 3.63) is 0 Å². The predicted octanol–water partition coefficient (Wildman–Crippen LogP) is 1.22. The summed E-state index contributed by atoms with van der Waals surface area (Å²) in [7, 11) is 1.35. The van der Waals surface area contributed by atoms with E-state index < -0.39 is 6.04 Å². The standard InChI is InChI=1S/C14H26N2O3/c1-10(2)9-12(14(18)19-3)16-13(17)11-7-5-4-6-8-15-11/h10-12,15H,4-9H2,1-3H3,(H,16,17). The van der Waals surface area contributed by atoms with Gasteiger partial charge in [-0.25, -0.2) is 4.79 Å². The second-order valence-electron chi connectivity index (χ2n) is 5.57. The Morgan fingerprint density at radius 2 is 2.05 bits per heavy atom. The van der Waals surface area contributed by atoms with E-state index in [1.165, 1.54) is 7.11 Å². The first-order valence-electron chi connectivity index (χ1n) is 7.16. The fraction of sp³-hybridized carbons (Fsp3) is 0.857. The van der Waals surface area contributed by atoms with Gasteiger partial charge < -0.3 is 15.4 Å². The summed E-state index contributed by atoms with van der Waals surface area (Å²) in [5, 5.41) is 6.05. The minimum absolute atomic E-state index is 0.0852. The molecule has 1 rings (SSSR count). The molecule has 19 heavy (non-hydrogen) atoms. The third-order valence-electron chi connectivity index (χ3n) is 3.39. The fourth-order valence-corrected chi connectivity index (χ4v) is 2.35. The fourth-order valence-electron chi connectivity index (χ4n) is 2.35. The molecule has 1 aliphatic heterocycles. The molecule has 1 saturated heterocycles. The van der Waals surface area contributed by atoms with Crippen LogP contribution in [0.5, 0.6) is 0 Å². The van der Waals surface area contributed by atoms with Gasteiger partial charge in [-0.1, -0.05) is 26.7 Å². The summed E-state index contributed by atoms with van der Waals surface area (Å²) in [5.74, 6) is -0.125. The van der Waals surface area contributed by atoms with Crippen LogP contribution in [0, 0.1) is 5.92 Å². The van der Waals surface area contributed by atoms with Crippen LogP contribution in [-0.4, -0.2) is 37.6 Å². The number of esters is 1. The molecular formula is C14H26N2O3. The number of rotatable bonds is 5. The topological polar surface area (TPSA) is 67.4 Å². The average Bonchev–Trinajstić information content (AvgIpc) is 2.65. The molecule has 0 saturated carbocycles. The van der Waals surface area contributed by atoms with E-state index in [1.54, 1.807) is 0 Å². The summed E-state index contributed by atoms with van der Waals surface area (Å²) in [6.07, 6.45) is 4.75. The smallest absolute Gasteiger partial charge is 0.328 e. The van der Waals surface area contributed by atoms with E-state index in [-0.39, 0.29) is 17.9 Å². The first-order chi connectivity index (χ1) is 9.04. The third kappa shape index (κ3) is 5.59. The van der Waals surface area contributed by atoms with Gasteiger partial charge in [-0.15, -0.1) is 0 Å². The summed E-state index contributed by atoms with van der Waals surface area (Å²) in [5.41, 5.74) is 0. The van der Waals surface area contributed by atoms with Crippen LogP contribution in [0.1, 0.15) is 46.0 Å². The van der Waals surface area contributed by atoms with Gasteiger partial charge in [0.15, 0.2) is 0 Å². The number of hydrogen-bond acceptors (Lipinski definition) is 4. The molecule has 2 N–H and O–H groups in total. The summed E-state index contributed by atoms with van der Waals surface area (Å²) in [6, 6.07) is -0.718. The highest BCUT2D eigenvalue weighted by molar-refractivity contribution is 5.87. The molecule has 1 heterocycles. The first-order valence-corrected chi connectivity index (χ1v) is 7.16. The van der Waals surface area contributed by atoms with Crippen molar-refractivity contribution in [2.45, 2.75) is 58.0 Å². The third-order valence-corrected chi connectivity index (χ3v) is 3.39. The molecule has 2 unspecified atom stereocenters. The molecule has 110 valence electrons. The molecule has 1 amide bonds. The number of methoxy groups -OCH3 is 1. The van der Waals surface area contributed by atoms with Gasteiger partial charge in [-0.3, -0.25) is 4.79 Å². The van der Waals surface area contributed by atoms with Crippen molar-refractivity contribution in [1.82, 2.24) is 10.6 Å². The SMILES string of the molecule is COC(=O)C(CC(C)C)NC(=O)C1CCCCCN1. The van der Waals surface area contributed by atoms with Gasteiger partial charge in [0, 0.05) is 0 Å². The highest BCUT2D eigenvalue weighted by atomic mass is 16.5. The molecule has 5 nitrogen and oxygen atoms in total. The molecule has 1 fully saturated rings. The van der Waals surface area contributed by atoms with Gasteiger partial charge in [0.2, 0.25) is 5.91 Å². The van der Waals surface area contributed by atoms with Crippen LogP contribution in [0.3, 0.4) is 0 Å². The van der Waals surface area contributed by atoms with E-state index in [9.17, 15) is 9.59 Å². The molecule has 5 heteroatoms.